The Morgan fingerprint density at radius 2 is 1.85 bits per heavy atom. The van der Waals surface area contributed by atoms with Gasteiger partial charge in [0.15, 0.2) is 0 Å². The van der Waals surface area contributed by atoms with Gasteiger partial charge in [-0.3, -0.25) is 0 Å². The number of aliphatic hydroxyl groups is 1. The van der Waals surface area contributed by atoms with Crippen molar-refractivity contribution in [2.45, 2.75) is 44.3 Å². The van der Waals surface area contributed by atoms with E-state index < -0.39 is 18.6 Å². The molecule has 0 aliphatic heterocycles. The van der Waals surface area contributed by atoms with Crippen LogP contribution in [0.5, 0.6) is 5.75 Å². The van der Waals surface area contributed by atoms with Crippen LogP contribution in [0.15, 0.2) is 24.3 Å². The third kappa shape index (κ3) is 3.42. The van der Waals surface area contributed by atoms with Gasteiger partial charge in [-0.05, 0) is 36.5 Å². The minimum Gasteiger partial charge on any atom is -0.428 e. The van der Waals surface area contributed by atoms with Crippen molar-refractivity contribution in [1.82, 2.24) is 0 Å². The average Bonchev–Trinajstić information content (AvgIpc) is 2.91. The molecule has 20 heavy (non-hydrogen) atoms. The van der Waals surface area contributed by atoms with Crippen LogP contribution in [0.1, 0.15) is 37.4 Å². The lowest BCUT2D eigenvalue weighted by Gasteiger charge is -2.20. The molecule has 1 atom stereocenters. The van der Waals surface area contributed by atoms with Crippen LogP contribution in [-0.2, 0) is 0 Å². The van der Waals surface area contributed by atoms with E-state index in [0.29, 0.717) is 5.56 Å². The van der Waals surface area contributed by atoms with Crippen LogP contribution >= 0.6 is 0 Å². The van der Waals surface area contributed by atoms with Crippen LogP contribution in [0.25, 0.3) is 0 Å². The summed E-state index contributed by atoms with van der Waals surface area (Å²) in [5, 5.41) is 10.2. The number of hydrogen-bond acceptors (Lipinski definition) is 2. The maximum Gasteiger partial charge on any atom is 0.461 e. The highest BCUT2D eigenvalue weighted by Gasteiger charge is 2.44. The third-order valence-corrected chi connectivity index (χ3v) is 3.55. The molecule has 0 unspecified atom stereocenters. The highest BCUT2D eigenvalue weighted by Crippen LogP contribution is 2.37. The molecular formula is C14H16F4O2. The molecule has 0 radical (unpaired) electrons. The largest absolute Gasteiger partial charge is 0.461 e. The van der Waals surface area contributed by atoms with E-state index in [1.54, 1.807) is 6.07 Å². The van der Waals surface area contributed by atoms with Crippen LogP contribution in [0, 0.1) is 5.92 Å². The van der Waals surface area contributed by atoms with Crippen LogP contribution < -0.4 is 4.74 Å². The van der Waals surface area contributed by atoms with Gasteiger partial charge in [-0.2, -0.15) is 17.6 Å². The third-order valence-electron chi connectivity index (χ3n) is 3.55. The number of benzene rings is 1. The van der Waals surface area contributed by atoms with Gasteiger partial charge in [0.1, 0.15) is 5.75 Å². The Morgan fingerprint density at radius 1 is 1.20 bits per heavy atom. The second-order valence-electron chi connectivity index (χ2n) is 5.03. The van der Waals surface area contributed by atoms with E-state index in [1.807, 2.05) is 0 Å². The molecule has 1 N–H and O–H groups in total. The van der Waals surface area contributed by atoms with Crippen LogP contribution in [0.2, 0.25) is 0 Å². The second-order valence-corrected chi connectivity index (χ2v) is 5.03. The van der Waals surface area contributed by atoms with Crippen molar-refractivity contribution in [3.05, 3.63) is 29.8 Å². The van der Waals surface area contributed by atoms with Gasteiger partial charge in [0.25, 0.3) is 0 Å². The topological polar surface area (TPSA) is 29.5 Å². The molecule has 6 heteroatoms. The molecule has 0 heterocycles. The number of alkyl halides is 4. The molecule has 0 aromatic heterocycles. The number of hydrogen-bond donors (Lipinski definition) is 1. The number of rotatable bonds is 5. The standard InChI is InChI=1S/C14H16F4O2/c15-13(16)14(17,18)20-11-7-3-6-10(8-11)12(19)9-4-1-2-5-9/h3,6-9,12-13,19H,1-2,4-5H2/t12-/m1/s1. The summed E-state index contributed by atoms with van der Waals surface area (Å²) in [5.41, 5.74) is 0.416. The van der Waals surface area contributed by atoms with Gasteiger partial charge in [0.2, 0.25) is 0 Å². The minimum absolute atomic E-state index is 0.0841. The number of aliphatic hydroxyl groups excluding tert-OH is 1. The van der Waals surface area contributed by atoms with Gasteiger partial charge < -0.3 is 9.84 Å². The van der Waals surface area contributed by atoms with Gasteiger partial charge >= 0.3 is 12.5 Å². The lowest BCUT2D eigenvalue weighted by atomic mass is 9.94. The lowest BCUT2D eigenvalue weighted by molar-refractivity contribution is -0.253. The fourth-order valence-electron chi connectivity index (χ4n) is 2.51. The van der Waals surface area contributed by atoms with E-state index in [0.717, 1.165) is 25.7 Å². The molecular weight excluding hydrogens is 276 g/mol. The van der Waals surface area contributed by atoms with E-state index in [1.165, 1.54) is 18.2 Å². The van der Waals surface area contributed by atoms with Crippen LogP contribution in [0.4, 0.5) is 17.6 Å². The Bertz CT molecular complexity index is 445. The van der Waals surface area contributed by atoms with Gasteiger partial charge in [0.05, 0.1) is 6.10 Å². The normalized spacial score (nSPS) is 18.5. The molecule has 0 amide bonds. The first kappa shape index (κ1) is 15.1. The average molecular weight is 292 g/mol. The molecule has 2 nitrogen and oxygen atoms in total. The fourth-order valence-corrected chi connectivity index (χ4v) is 2.51. The van der Waals surface area contributed by atoms with Crippen molar-refractivity contribution in [3.63, 3.8) is 0 Å². The molecule has 0 saturated heterocycles. The molecule has 1 aromatic carbocycles. The van der Waals surface area contributed by atoms with E-state index in [4.69, 9.17) is 0 Å². The SMILES string of the molecule is O[C@@H](c1cccc(OC(F)(F)C(F)F)c1)C1CCCC1. The quantitative estimate of drug-likeness (QED) is 0.826. The Labute approximate surface area is 114 Å². The molecule has 0 spiro atoms. The maximum atomic E-state index is 12.8. The predicted octanol–water partition coefficient (Wildman–Crippen LogP) is 4.15. The van der Waals surface area contributed by atoms with Crippen molar-refractivity contribution in [2.75, 3.05) is 0 Å². The Kier molecular flexibility index (Phi) is 4.52. The number of halogens is 4. The van der Waals surface area contributed by atoms with Crippen LogP contribution in [0.3, 0.4) is 0 Å². The van der Waals surface area contributed by atoms with Crippen molar-refractivity contribution >= 4 is 0 Å². The van der Waals surface area contributed by atoms with Gasteiger partial charge in [-0.1, -0.05) is 25.0 Å². The highest BCUT2D eigenvalue weighted by molar-refractivity contribution is 5.30. The van der Waals surface area contributed by atoms with Gasteiger partial charge in [-0.25, -0.2) is 0 Å². The Balaban J connectivity index is 2.11. The molecule has 2 rings (SSSR count). The van der Waals surface area contributed by atoms with Crippen molar-refractivity contribution in [1.29, 1.82) is 0 Å². The summed E-state index contributed by atoms with van der Waals surface area (Å²) in [6, 6.07) is 5.35. The smallest absolute Gasteiger partial charge is 0.428 e. The summed E-state index contributed by atoms with van der Waals surface area (Å²) >= 11 is 0. The summed E-state index contributed by atoms with van der Waals surface area (Å²) in [5.74, 6) is -0.286. The molecule has 112 valence electrons. The highest BCUT2D eigenvalue weighted by atomic mass is 19.3. The monoisotopic (exact) mass is 292 g/mol. The van der Waals surface area contributed by atoms with E-state index in [-0.39, 0.29) is 11.7 Å². The van der Waals surface area contributed by atoms with Crippen molar-refractivity contribution in [2.24, 2.45) is 5.92 Å². The summed E-state index contributed by atoms with van der Waals surface area (Å²) in [6.07, 6.45) is -5.40. The maximum absolute atomic E-state index is 12.8. The molecule has 1 fully saturated rings. The Hall–Kier alpha value is -1.30. The van der Waals surface area contributed by atoms with E-state index in [2.05, 4.69) is 4.74 Å². The van der Waals surface area contributed by atoms with Crippen molar-refractivity contribution < 1.29 is 27.4 Å². The molecule has 1 aromatic rings. The van der Waals surface area contributed by atoms with Crippen molar-refractivity contribution in [3.8, 4) is 5.75 Å². The summed E-state index contributed by atoms with van der Waals surface area (Å²) < 4.78 is 53.8. The number of ether oxygens (including phenoxy) is 1. The predicted molar refractivity (Wildman–Crippen MR) is 64.9 cm³/mol. The molecule has 1 aliphatic carbocycles. The molecule has 1 saturated carbocycles. The van der Waals surface area contributed by atoms with Gasteiger partial charge in [0, 0.05) is 0 Å². The second kappa shape index (κ2) is 5.99. The summed E-state index contributed by atoms with van der Waals surface area (Å²) in [4.78, 5) is 0. The zero-order chi connectivity index (χ0) is 14.8. The minimum atomic E-state index is -4.53. The first-order chi connectivity index (χ1) is 9.40. The summed E-state index contributed by atoms with van der Waals surface area (Å²) in [7, 11) is 0. The van der Waals surface area contributed by atoms with Gasteiger partial charge in [-0.15, -0.1) is 0 Å². The van der Waals surface area contributed by atoms with E-state index in [9.17, 15) is 22.7 Å². The molecule has 0 bridgehead atoms. The zero-order valence-corrected chi connectivity index (χ0v) is 10.7. The fraction of sp³-hybridized carbons (Fsp3) is 0.571. The van der Waals surface area contributed by atoms with Crippen LogP contribution in [-0.4, -0.2) is 17.6 Å². The lowest BCUT2D eigenvalue weighted by Crippen LogP contribution is -2.33. The first-order valence-electron chi connectivity index (χ1n) is 6.53. The van der Waals surface area contributed by atoms with E-state index >= 15 is 0 Å². The molecule has 1 aliphatic rings. The zero-order valence-electron chi connectivity index (χ0n) is 10.7. The Morgan fingerprint density at radius 3 is 2.45 bits per heavy atom. The first-order valence-corrected chi connectivity index (χ1v) is 6.53. The summed E-state index contributed by atoms with van der Waals surface area (Å²) in [6.45, 7) is 0.